The van der Waals surface area contributed by atoms with Gasteiger partial charge in [0.1, 0.15) is 5.82 Å². The van der Waals surface area contributed by atoms with Crippen LogP contribution in [0.2, 0.25) is 0 Å². The Bertz CT molecular complexity index is 1080. The molecule has 3 aromatic rings. The second kappa shape index (κ2) is 8.92. The number of fused-ring (bicyclic) bond motifs is 1. The fourth-order valence-electron chi connectivity index (χ4n) is 4.25. The van der Waals surface area contributed by atoms with Crippen molar-refractivity contribution in [1.29, 1.82) is 0 Å². The largest absolute Gasteiger partial charge is 0.459 e. The summed E-state index contributed by atoms with van der Waals surface area (Å²) in [5.74, 6) is 1.23. The van der Waals surface area contributed by atoms with Crippen LogP contribution in [0, 0.1) is 5.82 Å². The third kappa shape index (κ3) is 4.13. The first kappa shape index (κ1) is 20.4. The highest BCUT2D eigenvalue weighted by Gasteiger charge is 2.28. The van der Waals surface area contributed by atoms with Crippen molar-refractivity contribution in [3.63, 3.8) is 0 Å². The summed E-state index contributed by atoms with van der Waals surface area (Å²) in [5, 5.41) is 2.98. The van der Waals surface area contributed by atoms with Gasteiger partial charge in [0.2, 0.25) is 6.79 Å². The SMILES string of the molecule is O=C(NCC(c1ccc2c(c1)OCO2)N1CCN(c2ccccc2F)CC1)c1ccco1. The van der Waals surface area contributed by atoms with Gasteiger partial charge in [0.25, 0.3) is 5.91 Å². The van der Waals surface area contributed by atoms with Gasteiger partial charge in [-0.3, -0.25) is 9.69 Å². The number of benzene rings is 2. The Labute approximate surface area is 185 Å². The number of carbonyl (C=O) groups excluding carboxylic acids is 1. The number of nitrogens with one attached hydrogen (secondary N) is 1. The number of para-hydroxylation sites is 1. The summed E-state index contributed by atoms with van der Waals surface area (Å²) in [6.45, 7) is 3.44. The van der Waals surface area contributed by atoms with E-state index < -0.39 is 0 Å². The molecule has 0 saturated carbocycles. The number of amides is 1. The van der Waals surface area contributed by atoms with E-state index in [0.29, 0.717) is 31.1 Å². The van der Waals surface area contributed by atoms with Crippen LogP contribution < -0.4 is 19.7 Å². The maximum atomic E-state index is 14.2. The molecule has 32 heavy (non-hydrogen) atoms. The number of hydrogen-bond donors (Lipinski definition) is 1. The molecule has 3 heterocycles. The van der Waals surface area contributed by atoms with Crippen molar-refractivity contribution in [2.75, 3.05) is 44.4 Å². The first-order chi connectivity index (χ1) is 15.7. The van der Waals surface area contributed by atoms with Crippen molar-refractivity contribution in [2.45, 2.75) is 6.04 Å². The van der Waals surface area contributed by atoms with Crippen LogP contribution in [-0.2, 0) is 0 Å². The van der Waals surface area contributed by atoms with E-state index in [1.807, 2.05) is 30.3 Å². The van der Waals surface area contributed by atoms with E-state index in [2.05, 4.69) is 15.1 Å². The van der Waals surface area contributed by atoms with Gasteiger partial charge in [0, 0.05) is 32.7 Å². The third-order valence-electron chi connectivity index (χ3n) is 5.93. The Hall–Kier alpha value is -3.52. The zero-order valence-corrected chi connectivity index (χ0v) is 17.5. The normalized spacial score (nSPS) is 16.7. The van der Waals surface area contributed by atoms with Crippen LogP contribution in [0.15, 0.2) is 65.3 Å². The molecule has 5 rings (SSSR count). The van der Waals surface area contributed by atoms with Gasteiger partial charge in [-0.15, -0.1) is 0 Å². The molecule has 7 nitrogen and oxygen atoms in total. The lowest BCUT2D eigenvalue weighted by Gasteiger charge is -2.40. The van der Waals surface area contributed by atoms with Crippen molar-refractivity contribution in [1.82, 2.24) is 10.2 Å². The number of carbonyl (C=O) groups is 1. The molecule has 1 aromatic heterocycles. The van der Waals surface area contributed by atoms with Crippen LogP contribution in [0.3, 0.4) is 0 Å². The van der Waals surface area contributed by atoms with Crippen LogP contribution in [0.1, 0.15) is 22.2 Å². The van der Waals surface area contributed by atoms with Gasteiger partial charge in [-0.05, 0) is 42.0 Å². The van der Waals surface area contributed by atoms with Crippen molar-refractivity contribution in [3.8, 4) is 11.5 Å². The molecule has 0 radical (unpaired) electrons. The zero-order chi connectivity index (χ0) is 21.9. The molecular formula is C24H24FN3O4. The Morgan fingerprint density at radius 3 is 2.59 bits per heavy atom. The summed E-state index contributed by atoms with van der Waals surface area (Å²) in [6, 6.07) is 16.0. The summed E-state index contributed by atoms with van der Waals surface area (Å²) in [4.78, 5) is 16.8. The maximum Gasteiger partial charge on any atom is 0.287 e. The quantitative estimate of drug-likeness (QED) is 0.637. The van der Waals surface area contributed by atoms with Gasteiger partial charge in [0.05, 0.1) is 18.0 Å². The Morgan fingerprint density at radius 1 is 1.00 bits per heavy atom. The standard InChI is InChI=1S/C24H24FN3O4/c25-18-4-1-2-5-19(18)27-9-11-28(12-10-27)20(15-26-24(29)22-6-3-13-30-22)17-7-8-21-23(14-17)32-16-31-21/h1-8,13-14,20H,9-12,15-16H2,(H,26,29). The van der Waals surface area contributed by atoms with Crippen molar-refractivity contribution >= 4 is 11.6 Å². The monoisotopic (exact) mass is 437 g/mol. The minimum atomic E-state index is -0.259. The fourth-order valence-corrected chi connectivity index (χ4v) is 4.25. The molecular weight excluding hydrogens is 413 g/mol. The number of ether oxygens (including phenoxy) is 2. The second-order valence-corrected chi connectivity index (χ2v) is 7.79. The van der Waals surface area contributed by atoms with E-state index in [0.717, 1.165) is 24.4 Å². The second-order valence-electron chi connectivity index (χ2n) is 7.79. The molecule has 1 N–H and O–H groups in total. The lowest BCUT2D eigenvalue weighted by atomic mass is 10.0. The van der Waals surface area contributed by atoms with Crippen LogP contribution >= 0.6 is 0 Å². The summed E-state index contributed by atoms with van der Waals surface area (Å²) >= 11 is 0. The molecule has 1 amide bonds. The van der Waals surface area contributed by atoms with Crippen molar-refractivity contribution in [3.05, 3.63) is 78.0 Å². The average molecular weight is 437 g/mol. The fraction of sp³-hybridized carbons (Fsp3) is 0.292. The number of rotatable bonds is 6. The smallest absolute Gasteiger partial charge is 0.287 e. The average Bonchev–Trinajstić information content (AvgIpc) is 3.52. The molecule has 8 heteroatoms. The summed E-state index contributed by atoms with van der Waals surface area (Å²) in [6.07, 6.45) is 1.48. The van der Waals surface area contributed by atoms with E-state index in [9.17, 15) is 9.18 Å². The molecule has 166 valence electrons. The van der Waals surface area contributed by atoms with E-state index in [-0.39, 0.29) is 30.3 Å². The van der Waals surface area contributed by atoms with E-state index in [1.165, 1.54) is 12.3 Å². The summed E-state index contributed by atoms with van der Waals surface area (Å²) in [5.41, 5.74) is 1.64. The zero-order valence-electron chi connectivity index (χ0n) is 17.5. The molecule has 2 aliphatic rings. The highest BCUT2D eigenvalue weighted by Crippen LogP contribution is 2.36. The minimum Gasteiger partial charge on any atom is -0.459 e. The number of anilines is 1. The Balaban J connectivity index is 1.33. The molecule has 0 spiro atoms. The third-order valence-corrected chi connectivity index (χ3v) is 5.93. The van der Waals surface area contributed by atoms with Gasteiger partial charge in [-0.2, -0.15) is 0 Å². The van der Waals surface area contributed by atoms with E-state index >= 15 is 0 Å². The summed E-state index contributed by atoms with van der Waals surface area (Å²) in [7, 11) is 0. The highest BCUT2D eigenvalue weighted by molar-refractivity contribution is 5.91. The van der Waals surface area contributed by atoms with Crippen molar-refractivity contribution < 1.29 is 23.1 Å². The number of halogens is 1. The van der Waals surface area contributed by atoms with Crippen LogP contribution in [0.5, 0.6) is 11.5 Å². The van der Waals surface area contributed by atoms with Gasteiger partial charge >= 0.3 is 0 Å². The molecule has 1 unspecified atom stereocenters. The van der Waals surface area contributed by atoms with Crippen molar-refractivity contribution in [2.24, 2.45) is 0 Å². The number of nitrogens with zero attached hydrogens (tertiary/aromatic N) is 2. The molecule has 2 aromatic carbocycles. The van der Waals surface area contributed by atoms with Gasteiger partial charge in [0.15, 0.2) is 17.3 Å². The molecule has 0 bridgehead atoms. The highest BCUT2D eigenvalue weighted by atomic mass is 19.1. The molecule has 1 saturated heterocycles. The predicted molar refractivity (Wildman–Crippen MR) is 117 cm³/mol. The lowest BCUT2D eigenvalue weighted by molar-refractivity contribution is 0.0902. The Morgan fingerprint density at radius 2 is 1.81 bits per heavy atom. The summed E-state index contributed by atoms with van der Waals surface area (Å²) < 4.78 is 30.4. The number of hydrogen-bond acceptors (Lipinski definition) is 6. The van der Waals surface area contributed by atoms with Crippen LogP contribution in [-0.4, -0.2) is 50.3 Å². The molecule has 2 aliphatic heterocycles. The molecule has 1 atom stereocenters. The van der Waals surface area contributed by atoms with Crippen LogP contribution in [0.4, 0.5) is 10.1 Å². The van der Waals surface area contributed by atoms with E-state index in [1.54, 1.807) is 18.2 Å². The van der Waals surface area contributed by atoms with Gasteiger partial charge in [-0.1, -0.05) is 18.2 Å². The van der Waals surface area contributed by atoms with Gasteiger partial charge < -0.3 is 24.1 Å². The Kier molecular flexibility index (Phi) is 5.68. The first-order valence-corrected chi connectivity index (χ1v) is 10.6. The van der Waals surface area contributed by atoms with Crippen LogP contribution in [0.25, 0.3) is 0 Å². The topological polar surface area (TPSA) is 67.2 Å². The predicted octanol–water partition coefficient (Wildman–Crippen LogP) is 3.44. The lowest BCUT2D eigenvalue weighted by Crippen LogP contribution is -2.50. The number of piperazine rings is 1. The first-order valence-electron chi connectivity index (χ1n) is 10.6. The minimum absolute atomic E-state index is 0.0776. The van der Waals surface area contributed by atoms with E-state index in [4.69, 9.17) is 13.9 Å². The maximum absolute atomic E-state index is 14.2. The van der Waals surface area contributed by atoms with Gasteiger partial charge in [-0.25, -0.2) is 4.39 Å². The molecule has 1 fully saturated rings. The molecule has 0 aliphatic carbocycles. The number of furan rings is 1.